The molecule has 3 aromatic rings. The number of ether oxygens (including phenoxy) is 2. The quantitative estimate of drug-likeness (QED) is 0.438. The van der Waals surface area contributed by atoms with Crippen LogP contribution in [0.2, 0.25) is 0 Å². The first-order valence-electron chi connectivity index (χ1n) is 14.2. The Hall–Kier alpha value is -3.60. The fourth-order valence-electron chi connectivity index (χ4n) is 6.11. The summed E-state index contributed by atoms with van der Waals surface area (Å²) in [7, 11) is 1.76. The van der Waals surface area contributed by atoms with E-state index >= 15 is 8.78 Å². The van der Waals surface area contributed by atoms with Gasteiger partial charge in [0, 0.05) is 74.3 Å². The summed E-state index contributed by atoms with van der Waals surface area (Å²) in [5.41, 5.74) is 10.8. The van der Waals surface area contributed by atoms with Crippen molar-refractivity contribution in [2.75, 3.05) is 63.7 Å². The number of amides is 1. The van der Waals surface area contributed by atoms with Crippen LogP contribution in [0.15, 0.2) is 36.4 Å². The molecule has 6 rings (SSSR count). The standard InChI is InChI=1S/C31H35F2N5O3/c1-40-22-5-8-37(9-6-22)18-21-14-19(2-3-28(21)38-10-12-41-13-11-38)23-16-26(30(34)36-29(23)33)25-15-20-4-7-35-31(39)24(20)17-27(25)32/h2-3,14-17,22H,4-13,18H2,1H3,(H2,34,36)(H,35,39). The molecule has 2 saturated heterocycles. The molecule has 0 saturated carbocycles. The summed E-state index contributed by atoms with van der Waals surface area (Å²) in [6.07, 6.45) is 2.79. The monoisotopic (exact) mass is 563 g/mol. The first kappa shape index (κ1) is 27.6. The molecular formula is C31H35F2N5O3. The van der Waals surface area contributed by atoms with Crippen molar-refractivity contribution in [1.82, 2.24) is 15.2 Å². The summed E-state index contributed by atoms with van der Waals surface area (Å²) in [5.74, 6) is -1.72. The first-order valence-corrected chi connectivity index (χ1v) is 14.2. The molecule has 0 atom stereocenters. The number of nitrogen functional groups attached to an aromatic ring is 1. The summed E-state index contributed by atoms with van der Waals surface area (Å²) in [6, 6.07) is 10.4. The Morgan fingerprint density at radius 1 is 1.02 bits per heavy atom. The Bertz CT molecular complexity index is 1450. The van der Waals surface area contributed by atoms with Crippen molar-refractivity contribution in [1.29, 1.82) is 0 Å². The van der Waals surface area contributed by atoms with Crippen LogP contribution in [0.25, 0.3) is 22.3 Å². The van der Waals surface area contributed by atoms with E-state index < -0.39 is 11.8 Å². The third-order valence-corrected chi connectivity index (χ3v) is 8.42. The highest BCUT2D eigenvalue weighted by Gasteiger charge is 2.25. The van der Waals surface area contributed by atoms with Crippen LogP contribution in [0, 0.1) is 11.8 Å². The fraction of sp³-hybridized carbons (Fsp3) is 0.419. The third-order valence-electron chi connectivity index (χ3n) is 8.42. The predicted octanol–water partition coefficient (Wildman–Crippen LogP) is 4.01. The molecule has 10 heteroatoms. The topological polar surface area (TPSA) is 93.0 Å². The Balaban J connectivity index is 1.38. The number of benzene rings is 2. The van der Waals surface area contributed by atoms with Crippen LogP contribution in [0.1, 0.15) is 34.3 Å². The van der Waals surface area contributed by atoms with Gasteiger partial charge in [-0.25, -0.2) is 9.37 Å². The molecule has 0 spiro atoms. The highest BCUT2D eigenvalue weighted by atomic mass is 19.1. The zero-order valence-electron chi connectivity index (χ0n) is 23.2. The first-order chi connectivity index (χ1) is 19.9. The van der Waals surface area contributed by atoms with Crippen molar-refractivity contribution in [3.8, 4) is 22.3 Å². The lowest BCUT2D eigenvalue weighted by Crippen LogP contribution is -2.39. The molecule has 4 heterocycles. The largest absolute Gasteiger partial charge is 0.383 e. The van der Waals surface area contributed by atoms with Gasteiger partial charge in [0.2, 0.25) is 5.95 Å². The van der Waals surface area contributed by atoms with E-state index in [2.05, 4.69) is 20.1 Å². The van der Waals surface area contributed by atoms with Gasteiger partial charge in [-0.15, -0.1) is 0 Å². The van der Waals surface area contributed by atoms with Gasteiger partial charge in [0.25, 0.3) is 5.91 Å². The number of pyridine rings is 1. The van der Waals surface area contributed by atoms with Crippen LogP contribution in [0.4, 0.5) is 20.3 Å². The SMILES string of the molecule is COC1CCN(Cc2cc(-c3cc(-c4cc5c(cc4F)C(=O)NCC5)c(N)nc3F)ccc2N2CCOCC2)CC1. The molecule has 1 amide bonds. The zero-order chi connectivity index (χ0) is 28.5. The van der Waals surface area contributed by atoms with Gasteiger partial charge in [0.05, 0.1) is 19.3 Å². The number of nitrogens with one attached hydrogen (secondary N) is 1. The van der Waals surface area contributed by atoms with Gasteiger partial charge >= 0.3 is 0 Å². The lowest BCUT2D eigenvalue weighted by atomic mass is 9.93. The maximum atomic E-state index is 15.4. The molecule has 0 radical (unpaired) electrons. The fourth-order valence-corrected chi connectivity index (χ4v) is 6.11. The minimum Gasteiger partial charge on any atom is -0.383 e. The van der Waals surface area contributed by atoms with Crippen LogP contribution in [-0.2, 0) is 22.4 Å². The van der Waals surface area contributed by atoms with Crippen LogP contribution >= 0.6 is 0 Å². The molecule has 0 unspecified atom stereocenters. The molecule has 3 aliphatic rings. The molecule has 8 nitrogen and oxygen atoms in total. The summed E-state index contributed by atoms with van der Waals surface area (Å²) in [5, 5.41) is 2.73. The predicted molar refractivity (Wildman–Crippen MR) is 154 cm³/mol. The molecular weight excluding hydrogens is 528 g/mol. The molecule has 0 aliphatic carbocycles. The second-order valence-electron chi connectivity index (χ2n) is 10.9. The molecule has 1 aromatic heterocycles. The number of anilines is 2. The van der Waals surface area contributed by atoms with E-state index in [9.17, 15) is 4.79 Å². The number of nitrogens with two attached hydrogens (primary N) is 1. The Morgan fingerprint density at radius 2 is 1.80 bits per heavy atom. The normalized spacial score (nSPS) is 18.3. The number of piperidine rings is 1. The van der Waals surface area contributed by atoms with Gasteiger partial charge in [-0.3, -0.25) is 9.69 Å². The van der Waals surface area contributed by atoms with Crippen LogP contribution in [0.3, 0.4) is 0 Å². The maximum Gasteiger partial charge on any atom is 0.251 e. The van der Waals surface area contributed by atoms with Gasteiger partial charge in [-0.2, -0.15) is 4.39 Å². The van der Waals surface area contributed by atoms with Gasteiger partial charge in [0.15, 0.2) is 0 Å². The molecule has 2 aromatic carbocycles. The number of hydrogen-bond acceptors (Lipinski definition) is 7. The maximum absolute atomic E-state index is 15.4. The van der Waals surface area contributed by atoms with E-state index in [1.807, 2.05) is 18.2 Å². The average molecular weight is 564 g/mol. The number of halogens is 2. The number of likely N-dealkylation sites (tertiary alicyclic amines) is 1. The minimum atomic E-state index is -0.713. The Morgan fingerprint density at radius 3 is 2.56 bits per heavy atom. The number of fused-ring (bicyclic) bond motifs is 1. The lowest BCUT2D eigenvalue weighted by Gasteiger charge is -2.34. The van der Waals surface area contributed by atoms with Gasteiger partial charge < -0.3 is 25.4 Å². The van der Waals surface area contributed by atoms with Crippen molar-refractivity contribution >= 4 is 17.4 Å². The second kappa shape index (κ2) is 11.7. The van der Waals surface area contributed by atoms with E-state index in [1.54, 1.807) is 19.2 Å². The lowest BCUT2D eigenvalue weighted by molar-refractivity contribution is 0.0389. The van der Waals surface area contributed by atoms with Crippen LogP contribution < -0.4 is 16.0 Å². The van der Waals surface area contributed by atoms with Crippen molar-refractivity contribution in [2.45, 2.75) is 31.9 Å². The summed E-state index contributed by atoms with van der Waals surface area (Å²) in [4.78, 5) is 20.9. The van der Waals surface area contributed by atoms with E-state index in [1.165, 1.54) is 6.07 Å². The number of carbonyl (C=O) groups excluding carboxylic acids is 1. The highest BCUT2D eigenvalue weighted by Crippen LogP contribution is 2.37. The number of carbonyl (C=O) groups is 1. The smallest absolute Gasteiger partial charge is 0.251 e. The van der Waals surface area contributed by atoms with Gasteiger partial charge in [0.1, 0.15) is 11.6 Å². The van der Waals surface area contributed by atoms with Crippen LogP contribution in [0.5, 0.6) is 0 Å². The van der Waals surface area contributed by atoms with Crippen molar-refractivity contribution in [2.24, 2.45) is 0 Å². The van der Waals surface area contributed by atoms with Gasteiger partial charge in [-0.05, 0) is 66.3 Å². The molecule has 216 valence electrons. The highest BCUT2D eigenvalue weighted by molar-refractivity contribution is 5.97. The van der Waals surface area contributed by atoms with Crippen molar-refractivity contribution in [3.05, 3.63) is 64.9 Å². The van der Waals surface area contributed by atoms with Crippen molar-refractivity contribution < 1.29 is 23.0 Å². The zero-order valence-corrected chi connectivity index (χ0v) is 23.2. The Labute approximate surface area is 238 Å². The average Bonchev–Trinajstić information content (AvgIpc) is 2.98. The number of rotatable bonds is 6. The molecule has 3 aliphatic heterocycles. The third kappa shape index (κ3) is 5.64. The molecule has 3 N–H and O–H groups in total. The molecule has 2 fully saturated rings. The summed E-state index contributed by atoms with van der Waals surface area (Å²) >= 11 is 0. The van der Waals surface area contributed by atoms with Crippen molar-refractivity contribution in [3.63, 3.8) is 0 Å². The number of hydrogen-bond donors (Lipinski definition) is 2. The van der Waals surface area contributed by atoms with Gasteiger partial charge in [-0.1, -0.05) is 6.07 Å². The number of morpholine rings is 1. The van der Waals surface area contributed by atoms with E-state index in [-0.39, 0.29) is 29.0 Å². The minimum absolute atomic E-state index is 0.100. The summed E-state index contributed by atoms with van der Waals surface area (Å²) < 4.78 is 41.8. The van der Waals surface area contributed by atoms with E-state index in [4.69, 9.17) is 15.2 Å². The summed E-state index contributed by atoms with van der Waals surface area (Å²) in [6.45, 7) is 5.93. The van der Waals surface area contributed by atoms with E-state index in [0.29, 0.717) is 42.9 Å². The number of methoxy groups -OCH3 is 1. The molecule has 41 heavy (non-hydrogen) atoms. The number of nitrogens with zero attached hydrogens (tertiary/aromatic N) is 3. The molecule has 0 bridgehead atoms. The number of aromatic nitrogens is 1. The Kier molecular flexibility index (Phi) is 7.88. The van der Waals surface area contributed by atoms with Crippen LogP contribution in [-0.4, -0.2) is 74.9 Å². The second-order valence-corrected chi connectivity index (χ2v) is 10.9. The van der Waals surface area contributed by atoms with E-state index in [0.717, 1.165) is 62.4 Å².